The number of benzene rings is 2. The van der Waals surface area contributed by atoms with Crippen LogP contribution in [0.3, 0.4) is 0 Å². The van der Waals surface area contributed by atoms with E-state index in [4.69, 9.17) is 12.2 Å². The zero-order valence-electron chi connectivity index (χ0n) is 14.9. The van der Waals surface area contributed by atoms with Crippen LogP contribution in [0.5, 0.6) is 0 Å². The molecule has 2 nitrogen and oxygen atoms in total. The van der Waals surface area contributed by atoms with E-state index < -0.39 is 0 Å². The summed E-state index contributed by atoms with van der Waals surface area (Å²) in [7, 11) is 0. The Labute approximate surface area is 157 Å². The third kappa shape index (κ3) is 5.86. The summed E-state index contributed by atoms with van der Waals surface area (Å²) >= 11 is 5.76. The van der Waals surface area contributed by atoms with Crippen molar-refractivity contribution in [3.63, 3.8) is 0 Å². The van der Waals surface area contributed by atoms with Gasteiger partial charge < -0.3 is 10.2 Å². The molecule has 0 spiro atoms. The first-order chi connectivity index (χ1) is 12.3. The van der Waals surface area contributed by atoms with Gasteiger partial charge in [0.25, 0.3) is 0 Å². The van der Waals surface area contributed by atoms with E-state index in [0.717, 1.165) is 31.0 Å². The molecular formula is C22H28N2S. The normalized spacial score (nSPS) is 14.4. The Balaban J connectivity index is 1.58. The number of rotatable bonds is 7. The highest BCUT2D eigenvalue weighted by Crippen LogP contribution is 2.18. The monoisotopic (exact) mass is 352 g/mol. The van der Waals surface area contributed by atoms with Gasteiger partial charge in [0.15, 0.2) is 5.11 Å². The summed E-state index contributed by atoms with van der Waals surface area (Å²) in [4.78, 5) is 2.35. The molecule has 0 aliphatic heterocycles. The molecule has 1 N–H and O–H groups in total. The van der Waals surface area contributed by atoms with Gasteiger partial charge in [-0.2, -0.15) is 0 Å². The topological polar surface area (TPSA) is 15.3 Å². The van der Waals surface area contributed by atoms with Crippen LogP contribution in [-0.2, 0) is 12.8 Å². The average Bonchev–Trinajstić information content (AvgIpc) is 3.16. The fourth-order valence-electron chi connectivity index (χ4n) is 3.47. The van der Waals surface area contributed by atoms with Crippen LogP contribution in [0, 0.1) is 0 Å². The van der Waals surface area contributed by atoms with Crippen LogP contribution >= 0.6 is 12.2 Å². The molecule has 2 aromatic rings. The largest absolute Gasteiger partial charge is 0.360 e. The molecule has 1 saturated carbocycles. The first-order valence-electron chi connectivity index (χ1n) is 9.44. The summed E-state index contributed by atoms with van der Waals surface area (Å²) in [6.45, 7) is 1.94. The fraction of sp³-hybridized carbons (Fsp3) is 0.409. The summed E-state index contributed by atoms with van der Waals surface area (Å²) in [5, 5.41) is 4.54. The quantitative estimate of drug-likeness (QED) is 0.734. The first kappa shape index (κ1) is 17.9. The lowest BCUT2D eigenvalue weighted by Crippen LogP contribution is -2.45. The molecule has 1 aliphatic rings. The lowest BCUT2D eigenvalue weighted by atomic mass is 10.1. The molecule has 1 fully saturated rings. The predicted octanol–water partition coefficient (Wildman–Crippen LogP) is 4.59. The van der Waals surface area contributed by atoms with Crippen LogP contribution in [0.4, 0.5) is 0 Å². The van der Waals surface area contributed by atoms with Gasteiger partial charge in [-0.1, -0.05) is 73.5 Å². The SMILES string of the molecule is S=C(NC1CCCC1)N(CCc1ccccc1)CCc1ccccc1. The minimum absolute atomic E-state index is 0.573. The summed E-state index contributed by atoms with van der Waals surface area (Å²) in [6, 6.07) is 21.9. The summed E-state index contributed by atoms with van der Waals surface area (Å²) in [6.07, 6.45) is 7.23. The number of hydrogen-bond acceptors (Lipinski definition) is 1. The Morgan fingerprint density at radius 3 is 1.80 bits per heavy atom. The fourth-order valence-corrected chi connectivity index (χ4v) is 3.82. The smallest absolute Gasteiger partial charge is 0.169 e. The van der Waals surface area contributed by atoms with Crippen molar-refractivity contribution in [2.24, 2.45) is 0 Å². The molecule has 132 valence electrons. The van der Waals surface area contributed by atoms with Gasteiger partial charge in [-0.05, 0) is 49.0 Å². The van der Waals surface area contributed by atoms with Crippen molar-refractivity contribution >= 4 is 17.3 Å². The third-order valence-electron chi connectivity index (χ3n) is 5.00. The second-order valence-corrected chi connectivity index (χ2v) is 7.28. The predicted molar refractivity (Wildman–Crippen MR) is 110 cm³/mol. The third-order valence-corrected chi connectivity index (χ3v) is 5.37. The Morgan fingerprint density at radius 2 is 1.32 bits per heavy atom. The molecule has 0 amide bonds. The highest BCUT2D eigenvalue weighted by molar-refractivity contribution is 7.80. The number of hydrogen-bond donors (Lipinski definition) is 1. The van der Waals surface area contributed by atoms with Crippen molar-refractivity contribution < 1.29 is 0 Å². The summed E-state index contributed by atoms with van der Waals surface area (Å²) in [5.74, 6) is 0. The van der Waals surface area contributed by atoms with Crippen molar-refractivity contribution in [2.45, 2.75) is 44.6 Å². The van der Waals surface area contributed by atoms with Gasteiger partial charge in [-0.25, -0.2) is 0 Å². The van der Waals surface area contributed by atoms with E-state index in [1.807, 2.05) is 0 Å². The number of nitrogens with one attached hydrogen (secondary N) is 1. The highest BCUT2D eigenvalue weighted by atomic mass is 32.1. The van der Waals surface area contributed by atoms with E-state index in [1.54, 1.807) is 0 Å². The number of nitrogens with zero attached hydrogens (tertiary/aromatic N) is 1. The molecule has 1 aliphatic carbocycles. The van der Waals surface area contributed by atoms with Crippen LogP contribution in [-0.4, -0.2) is 29.1 Å². The Bertz CT molecular complexity index is 592. The van der Waals surface area contributed by atoms with Crippen LogP contribution < -0.4 is 5.32 Å². The molecule has 3 heteroatoms. The molecule has 0 aromatic heterocycles. The first-order valence-corrected chi connectivity index (χ1v) is 9.85. The second-order valence-electron chi connectivity index (χ2n) is 6.89. The maximum atomic E-state index is 5.76. The van der Waals surface area contributed by atoms with Gasteiger partial charge in [0.2, 0.25) is 0 Å². The van der Waals surface area contributed by atoms with E-state index >= 15 is 0 Å². The van der Waals surface area contributed by atoms with Crippen molar-refractivity contribution in [3.05, 3.63) is 71.8 Å². The van der Waals surface area contributed by atoms with Crippen LogP contribution in [0.25, 0.3) is 0 Å². The minimum atomic E-state index is 0.573. The van der Waals surface area contributed by atoms with Gasteiger partial charge in [0, 0.05) is 19.1 Å². The zero-order valence-corrected chi connectivity index (χ0v) is 15.7. The Morgan fingerprint density at radius 1 is 0.840 bits per heavy atom. The Kier molecular flexibility index (Phi) is 6.87. The molecule has 25 heavy (non-hydrogen) atoms. The summed E-state index contributed by atoms with van der Waals surface area (Å²) < 4.78 is 0. The summed E-state index contributed by atoms with van der Waals surface area (Å²) in [5.41, 5.74) is 2.74. The van der Waals surface area contributed by atoms with Crippen LogP contribution in [0.1, 0.15) is 36.8 Å². The van der Waals surface area contributed by atoms with Crippen molar-refractivity contribution in [3.8, 4) is 0 Å². The maximum Gasteiger partial charge on any atom is 0.169 e. The van der Waals surface area contributed by atoms with Gasteiger partial charge in [0.1, 0.15) is 0 Å². The van der Waals surface area contributed by atoms with Gasteiger partial charge >= 0.3 is 0 Å². The molecular weight excluding hydrogens is 324 g/mol. The standard InChI is InChI=1S/C22H28N2S/c25-22(23-21-13-7-8-14-21)24(17-15-19-9-3-1-4-10-19)18-16-20-11-5-2-6-12-20/h1-6,9-12,21H,7-8,13-18H2,(H,23,25). The highest BCUT2D eigenvalue weighted by Gasteiger charge is 2.18. The van der Waals surface area contributed by atoms with Crippen LogP contribution in [0.2, 0.25) is 0 Å². The van der Waals surface area contributed by atoms with Crippen molar-refractivity contribution in [1.82, 2.24) is 10.2 Å². The molecule has 0 unspecified atom stereocenters. The molecule has 0 atom stereocenters. The molecule has 0 heterocycles. The lowest BCUT2D eigenvalue weighted by molar-refractivity contribution is 0.410. The zero-order chi connectivity index (χ0) is 17.3. The van der Waals surface area contributed by atoms with E-state index in [9.17, 15) is 0 Å². The van der Waals surface area contributed by atoms with Gasteiger partial charge in [-0.15, -0.1) is 0 Å². The number of thiocarbonyl (C=S) groups is 1. The molecule has 0 saturated heterocycles. The van der Waals surface area contributed by atoms with E-state index in [0.29, 0.717) is 6.04 Å². The van der Waals surface area contributed by atoms with E-state index in [2.05, 4.69) is 70.9 Å². The molecule has 0 radical (unpaired) electrons. The van der Waals surface area contributed by atoms with Gasteiger partial charge in [-0.3, -0.25) is 0 Å². The molecule has 3 rings (SSSR count). The maximum absolute atomic E-state index is 5.76. The average molecular weight is 353 g/mol. The van der Waals surface area contributed by atoms with Crippen molar-refractivity contribution in [2.75, 3.05) is 13.1 Å². The Hall–Kier alpha value is -1.87. The van der Waals surface area contributed by atoms with Gasteiger partial charge in [0.05, 0.1) is 0 Å². The second kappa shape index (κ2) is 9.57. The molecule has 0 bridgehead atoms. The van der Waals surface area contributed by atoms with E-state index in [1.165, 1.54) is 36.8 Å². The minimum Gasteiger partial charge on any atom is -0.360 e. The van der Waals surface area contributed by atoms with E-state index in [-0.39, 0.29) is 0 Å². The molecule has 2 aromatic carbocycles. The van der Waals surface area contributed by atoms with Crippen LogP contribution in [0.15, 0.2) is 60.7 Å². The van der Waals surface area contributed by atoms with Crippen molar-refractivity contribution in [1.29, 1.82) is 0 Å². The lowest BCUT2D eigenvalue weighted by Gasteiger charge is -2.28.